The first-order chi connectivity index (χ1) is 15.2. The minimum Gasteiger partial charge on any atom is -0.381 e. The van der Waals surface area contributed by atoms with Gasteiger partial charge in [-0.15, -0.1) is 6.42 Å². The second-order valence-electron chi connectivity index (χ2n) is 7.48. The number of hydrogen-bond donors (Lipinski definition) is 1. The number of benzene rings is 2. The Kier molecular flexibility index (Phi) is 4.98. The van der Waals surface area contributed by atoms with Crippen LogP contribution in [0.1, 0.15) is 24.4 Å². The van der Waals surface area contributed by atoms with Crippen LogP contribution < -0.4 is 11.0 Å². The SMILES string of the molecule is C#Cc1cccc(Nc2ncnc3ccc(-n4ccn(C5CCOCC5)c4=O)cc23)c1. The molecule has 1 fully saturated rings. The van der Waals surface area contributed by atoms with E-state index in [1.165, 1.54) is 6.33 Å². The average molecular weight is 411 g/mol. The van der Waals surface area contributed by atoms with E-state index in [4.69, 9.17) is 11.2 Å². The Bertz CT molecular complexity index is 1340. The highest BCUT2D eigenvalue weighted by atomic mass is 16.5. The lowest BCUT2D eigenvalue weighted by atomic mass is 10.1. The number of nitrogens with one attached hydrogen (secondary N) is 1. The maximum atomic E-state index is 13.1. The van der Waals surface area contributed by atoms with Gasteiger partial charge in [-0.2, -0.15) is 0 Å². The average Bonchev–Trinajstić information content (AvgIpc) is 3.21. The number of ether oxygens (including phenoxy) is 1. The number of aromatic nitrogens is 4. The zero-order valence-electron chi connectivity index (χ0n) is 16.9. The van der Waals surface area contributed by atoms with E-state index in [0.29, 0.717) is 19.0 Å². The van der Waals surface area contributed by atoms with Crippen LogP contribution in [0, 0.1) is 12.3 Å². The molecule has 5 rings (SSSR count). The molecule has 7 nitrogen and oxygen atoms in total. The predicted octanol–water partition coefficient (Wildman–Crippen LogP) is 3.66. The molecule has 1 aliphatic rings. The Morgan fingerprint density at radius 2 is 1.97 bits per heavy atom. The molecular weight excluding hydrogens is 390 g/mol. The highest BCUT2D eigenvalue weighted by Gasteiger charge is 2.19. The van der Waals surface area contributed by atoms with E-state index < -0.39 is 0 Å². The summed E-state index contributed by atoms with van der Waals surface area (Å²) < 4.78 is 8.88. The van der Waals surface area contributed by atoms with Crippen molar-refractivity contribution >= 4 is 22.4 Å². The van der Waals surface area contributed by atoms with Gasteiger partial charge in [0.05, 0.1) is 11.2 Å². The van der Waals surface area contributed by atoms with Crippen molar-refractivity contribution in [3.63, 3.8) is 0 Å². The quantitative estimate of drug-likeness (QED) is 0.519. The molecule has 0 amide bonds. The minimum atomic E-state index is -0.0562. The largest absolute Gasteiger partial charge is 0.381 e. The second kappa shape index (κ2) is 8.09. The Morgan fingerprint density at radius 3 is 2.81 bits per heavy atom. The van der Waals surface area contributed by atoms with Gasteiger partial charge >= 0.3 is 5.69 Å². The third-order valence-electron chi connectivity index (χ3n) is 5.58. The number of rotatable bonds is 4. The van der Waals surface area contributed by atoms with Crippen molar-refractivity contribution in [2.75, 3.05) is 18.5 Å². The van der Waals surface area contributed by atoms with Crippen LogP contribution in [0.15, 0.2) is 66.0 Å². The summed E-state index contributed by atoms with van der Waals surface area (Å²) in [6.45, 7) is 1.37. The standard InChI is InChI=1S/C24H21N5O2/c1-2-17-4-3-5-18(14-17)27-23-21-15-20(6-7-22(21)25-16-26-23)29-11-10-28(24(29)30)19-8-12-31-13-9-19/h1,3-7,10-11,14-16,19H,8-9,12-13H2,(H,25,26,27). The predicted molar refractivity (Wildman–Crippen MR) is 120 cm³/mol. The monoisotopic (exact) mass is 411 g/mol. The maximum Gasteiger partial charge on any atom is 0.332 e. The molecule has 1 saturated heterocycles. The lowest BCUT2D eigenvalue weighted by molar-refractivity contribution is 0.0686. The zero-order valence-corrected chi connectivity index (χ0v) is 16.9. The van der Waals surface area contributed by atoms with Crippen molar-refractivity contribution in [1.29, 1.82) is 0 Å². The van der Waals surface area contributed by atoms with Gasteiger partial charge in [0, 0.05) is 48.3 Å². The molecule has 0 atom stereocenters. The van der Waals surface area contributed by atoms with E-state index in [0.717, 1.165) is 40.7 Å². The number of hydrogen-bond acceptors (Lipinski definition) is 5. The molecule has 0 radical (unpaired) electrons. The molecule has 4 aromatic rings. The number of anilines is 2. The molecule has 0 unspecified atom stereocenters. The molecule has 0 bridgehead atoms. The molecule has 154 valence electrons. The first-order valence-corrected chi connectivity index (χ1v) is 10.2. The normalized spacial score (nSPS) is 14.4. The van der Waals surface area contributed by atoms with Gasteiger partial charge < -0.3 is 10.1 Å². The molecule has 0 spiro atoms. The van der Waals surface area contributed by atoms with Gasteiger partial charge in [-0.3, -0.25) is 9.13 Å². The van der Waals surface area contributed by atoms with Gasteiger partial charge in [0.1, 0.15) is 12.1 Å². The first kappa shape index (κ1) is 19.1. The number of fused-ring (bicyclic) bond motifs is 1. The molecule has 31 heavy (non-hydrogen) atoms. The molecule has 3 heterocycles. The number of imidazole rings is 1. The van der Waals surface area contributed by atoms with Gasteiger partial charge in [-0.25, -0.2) is 14.8 Å². The molecule has 1 aliphatic heterocycles. The summed E-state index contributed by atoms with van der Waals surface area (Å²) in [5.74, 6) is 3.29. The van der Waals surface area contributed by atoms with Crippen LogP contribution in [0.5, 0.6) is 0 Å². The van der Waals surface area contributed by atoms with E-state index in [-0.39, 0.29) is 11.7 Å². The van der Waals surface area contributed by atoms with Gasteiger partial charge in [0.2, 0.25) is 0 Å². The Balaban J connectivity index is 1.53. The number of nitrogens with zero attached hydrogens (tertiary/aromatic N) is 4. The lowest BCUT2D eigenvalue weighted by Gasteiger charge is -2.22. The molecule has 0 saturated carbocycles. The van der Waals surface area contributed by atoms with Gasteiger partial charge in [0.15, 0.2) is 0 Å². The van der Waals surface area contributed by atoms with Crippen molar-refractivity contribution < 1.29 is 4.74 Å². The van der Waals surface area contributed by atoms with Crippen molar-refractivity contribution in [2.24, 2.45) is 0 Å². The third kappa shape index (κ3) is 3.69. The van der Waals surface area contributed by atoms with Crippen LogP contribution in [0.2, 0.25) is 0 Å². The highest BCUT2D eigenvalue weighted by molar-refractivity contribution is 5.92. The van der Waals surface area contributed by atoms with E-state index in [2.05, 4.69) is 21.2 Å². The topological polar surface area (TPSA) is 74.0 Å². The minimum absolute atomic E-state index is 0.0562. The smallest absolute Gasteiger partial charge is 0.332 e. The maximum absolute atomic E-state index is 13.1. The highest BCUT2D eigenvalue weighted by Crippen LogP contribution is 2.26. The van der Waals surface area contributed by atoms with Crippen molar-refractivity contribution in [3.8, 4) is 18.0 Å². The Morgan fingerprint density at radius 1 is 1.10 bits per heavy atom. The summed E-state index contributed by atoms with van der Waals surface area (Å²) in [4.78, 5) is 21.8. The summed E-state index contributed by atoms with van der Waals surface area (Å²) in [6, 6.07) is 13.5. The fraction of sp³-hybridized carbons (Fsp3) is 0.208. The van der Waals surface area contributed by atoms with Crippen LogP contribution in [0.4, 0.5) is 11.5 Å². The van der Waals surface area contributed by atoms with Crippen molar-refractivity contribution in [1.82, 2.24) is 19.1 Å². The molecule has 2 aromatic carbocycles. The van der Waals surface area contributed by atoms with Crippen molar-refractivity contribution in [2.45, 2.75) is 18.9 Å². The molecule has 7 heteroatoms. The van der Waals surface area contributed by atoms with Gasteiger partial charge in [-0.1, -0.05) is 12.0 Å². The van der Waals surface area contributed by atoms with Crippen LogP contribution in [-0.4, -0.2) is 32.3 Å². The van der Waals surface area contributed by atoms with Crippen LogP contribution in [-0.2, 0) is 4.74 Å². The second-order valence-corrected chi connectivity index (χ2v) is 7.48. The van der Waals surface area contributed by atoms with E-state index in [9.17, 15) is 4.79 Å². The fourth-order valence-corrected chi connectivity index (χ4v) is 3.95. The first-order valence-electron chi connectivity index (χ1n) is 10.2. The summed E-state index contributed by atoms with van der Waals surface area (Å²) in [6.07, 6.45) is 12.4. The van der Waals surface area contributed by atoms with E-state index in [1.54, 1.807) is 9.13 Å². The zero-order chi connectivity index (χ0) is 21.2. The summed E-state index contributed by atoms with van der Waals surface area (Å²) in [5.41, 5.74) is 3.11. The van der Waals surface area contributed by atoms with E-state index in [1.807, 2.05) is 54.9 Å². The van der Waals surface area contributed by atoms with Crippen molar-refractivity contribution in [3.05, 3.63) is 77.2 Å². The molecule has 1 N–H and O–H groups in total. The number of terminal acetylenes is 1. The fourth-order valence-electron chi connectivity index (χ4n) is 3.95. The molecule has 0 aliphatic carbocycles. The summed E-state index contributed by atoms with van der Waals surface area (Å²) in [7, 11) is 0. The molecular formula is C24H21N5O2. The summed E-state index contributed by atoms with van der Waals surface area (Å²) in [5, 5.41) is 4.14. The van der Waals surface area contributed by atoms with Crippen LogP contribution in [0.3, 0.4) is 0 Å². The van der Waals surface area contributed by atoms with Crippen LogP contribution >= 0.6 is 0 Å². The van der Waals surface area contributed by atoms with Crippen LogP contribution in [0.25, 0.3) is 16.6 Å². The lowest BCUT2D eigenvalue weighted by Crippen LogP contribution is -2.29. The molecule has 2 aromatic heterocycles. The Labute approximate surface area is 179 Å². The Hall–Kier alpha value is -3.89. The third-order valence-corrected chi connectivity index (χ3v) is 5.58. The van der Waals surface area contributed by atoms with Gasteiger partial charge in [0.25, 0.3) is 0 Å². The van der Waals surface area contributed by atoms with E-state index >= 15 is 0 Å². The van der Waals surface area contributed by atoms with Gasteiger partial charge in [-0.05, 0) is 49.2 Å². The summed E-state index contributed by atoms with van der Waals surface area (Å²) >= 11 is 0.